The highest BCUT2D eigenvalue weighted by Gasteiger charge is 2.36. The van der Waals surface area contributed by atoms with Crippen molar-refractivity contribution < 1.29 is 22.8 Å². The predicted octanol–water partition coefficient (Wildman–Crippen LogP) is 5.57. The van der Waals surface area contributed by atoms with E-state index in [1.54, 1.807) is 35.2 Å². The van der Waals surface area contributed by atoms with Crippen LogP contribution < -0.4 is 15.5 Å². The van der Waals surface area contributed by atoms with Crippen LogP contribution in [0.2, 0.25) is 0 Å². The molecule has 0 atom stereocenters. The van der Waals surface area contributed by atoms with Crippen molar-refractivity contribution in [3.8, 4) is 11.3 Å². The van der Waals surface area contributed by atoms with Crippen molar-refractivity contribution in [3.63, 3.8) is 0 Å². The van der Waals surface area contributed by atoms with Crippen LogP contribution in [0.3, 0.4) is 0 Å². The summed E-state index contributed by atoms with van der Waals surface area (Å²) in [4.78, 5) is 39.1. The molecule has 0 aliphatic heterocycles. The van der Waals surface area contributed by atoms with Gasteiger partial charge in [-0.2, -0.15) is 13.2 Å². The number of H-pyrrole nitrogens is 1. The number of aromatic amines is 1. The van der Waals surface area contributed by atoms with Gasteiger partial charge in [-0.1, -0.05) is 18.2 Å². The maximum Gasteiger partial charge on any atom is 0.419 e. The van der Waals surface area contributed by atoms with Crippen LogP contribution in [0, 0.1) is 6.92 Å². The Balaban J connectivity index is 1.75. The minimum Gasteiger partial charge on any atom is -0.360 e. The van der Waals surface area contributed by atoms with E-state index in [1.165, 1.54) is 20.0 Å². The number of aromatic nitrogens is 3. The quantitative estimate of drug-likeness (QED) is 0.264. The number of carbonyl (C=O) groups is 2. The zero-order valence-electron chi connectivity index (χ0n) is 22.8. The summed E-state index contributed by atoms with van der Waals surface area (Å²) >= 11 is 0. The van der Waals surface area contributed by atoms with Crippen molar-refractivity contribution in [1.29, 1.82) is 0 Å². The molecule has 2 aromatic carbocycles. The highest BCUT2D eigenvalue weighted by molar-refractivity contribution is 6.00. The smallest absolute Gasteiger partial charge is 0.360 e. The van der Waals surface area contributed by atoms with Crippen molar-refractivity contribution in [2.75, 3.05) is 42.7 Å². The Hall–Kier alpha value is -4.45. The van der Waals surface area contributed by atoms with Crippen LogP contribution >= 0.6 is 0 Å². The molecule has 0 aliphatic carbocycles. The number of halogens is 3. The molecule has 0 fully saturated rings. The second kappa shape index (κ2) is 11.3. The molecule has 4 rings (SSSR count). The van der Waals surface area contributed by atoms with E-state index in [-0.39, 0.29) is 23.5 Å². The van der Waals surface area contributed by atoms with Crippen LogP contribution in [0.1, 0.15) is 25.0 Å². The zero-order valence-corrected chi connectivity index (χ0v) is 22.8. The van der Waals surface area contributed by atoms with Crippen LogP contribution in [-0.2, 0) is 15.8 Å². The van der Waals surface area contributed by atoms with Gasteiger partial charge >= 0.3 is 6.18 Å². The predicted molar refractivity (Wildman–Crippen MR) is 150 cm³/mol. The van der Waals surface area contributed by atoms with E-state index in [1.807, 2.05) is 32.0 Å². The number of hydrogen-bond acceptors (Lipinski definition) is 6. The molecular weight excluding hydrogens is 523 g/mol. The molecule has 0 saturated carbocycles. The Morgan fingerprint density at radius 3 is 2.48 bits per heavy atom. The van der Waals surface area contributed by atoms with E-state index >= 15 is 0 Å². The first-order valence-corrected chi connectivity index (χ1v) is 12.5. The normalized spacial score (nSPS) is 11.6. The van der Waals surface area contributed by atoms with Gasteiger partial charge in [0.2, 0.25) is 17.8 Å². The largest absolute Gasteiger partial charge is 0.419 e. The molecule has 12 heteroatoms. The van der Waals surface area contributed by atoms with Gasteiger partial charge in [0.05, 0.1) is 17.1 Å². The van der Waals surface area contributed by atoms with Crippen LogP contribution in [0.4, 0.5) is 36.2 Å². The minimum absolute atomic E-state index is 0.0671. The molecule has 2 heterocycles. The molecule has 40 heavy (non-hydrogen) atoms. The highest BCUT2D eigenvalue weighted by Crippen LogP contribution is 2.39. The van der Waals surface area contributed by atoms with Crippen molar-refractivity contribution in [1.82, 2.24) is 19.9 Å². The first-order chi connectivity index (χ1) is 18.8. The Bertz CT molecular complexity index is 1560. The maximum atomic E-state index is 14.0. The van der Waals surface area contributed by atoms with Crippen molar-refractivity contribution in [2.24, 2.45) is 0 Å². The molecule has 0 spiro atoms. The number of anilines is 4. The summed E-state index contributed by atoms with van der Waals surface area (Å²) in [6, 6.07) is 10.2. The molecule has 3 N–H and O–H groups in total. The van der Waals surface area contributed by atoms with E-state index in [0.717, 1.165) is 17.3 Å². The van der Waals surface area contributed by atoms with Crippen LogP contribution in [0.15, 0.2) is 48.8 Å². The molecule has 0 radical (unpaired) electrons. The summed E-state index contributed by atoms with van der Waals surface area (Å²) < 4.78 is 41.9. The number of aryl methyl sites for hydroxylation is 1. The molecule has 4 aromatic rings. The van der Waals surface area contributed by atoms with Gasteiger partial charge in [0.25, 0.3) is 0 Å². The Kier molecular flexibility index (Phi) is 8.10. The Morgan fingerprint density at radius 1 is 1.07 bits per heavy atom. The van der Waals surface area contributed by atoms with Gasteiger partial charge in [0.1, 0.15) is 5.56 Å². The summed E-state index contributed by atoms with van der Waals surface area (Å²) in [5, 5.41) is 6.28. The average molecular weight is 554 g/mol. The average Bonchev–Trinajstić information content (AvgIpc) is 3.29. The molecule has 0 bridgehead atoms. The monoisotopic (exact) mass is 553 g/mol. The summed E-state index contributed by atoms with van der Waals surface area (Å²) in [6.07, 6.45) is -2.42. The fraction of sp³-hybridized carbons (Fsp3) is 0.286. The number of likely N-dealkylation sites (N-methyl/N-ethyl adjacent to an activating group) is 1. The SMILES string of the molecule is CC(=O)Nc1cc(Nc2ncc(C(F)(F)F)c(-c3c[nH]c4c(C)cccc34)n2)ccc1N(CCN(C)C)C(C)=O. The Morgan fingerprint density at radius 2 is 1.82 bits per heavy atom. The molecule has 0 unspecified atom stereocenters. The fourth-order valence-corrected chi connectivity index (χ4v) is 4.37. The van der Waals surface area contributed by atoms with E-state index in [4.69, 9.17) is 0 Å². The second-order valence-electron chi connectivity index (χ2n) is 9.67. The lowest BCUT2D eigenvalue weighted by atomic mass is 10.0. The third-order valence-electron chi connectivity index (χ3n) is 6.28. The van der Waals surface area contributed by atoms with Gasteiger partial charge in [0, 0.05) is 61.5 Å². The van der Waals surface area contributed by atoms with Crippen molar-refractivity contribution in [2.45, 2.75) is 26.9 Å². The number of nitrogens with one attached hydrogen (secondary N) is 3. The van der Waals surface area contributed by atoms with Crippen molar-refractivity contribution >= 4 is 45.7 Å². The lowest BCUT2D eigenvalue weighted by molar-refractivity contribution is -0.137. The number of benzene rings is 2. The van der Waals surface area contributed by atoms with Gasteiger partial charge in [0.15, 0.2) is 0 Å². The van der Waals surface area contributed by atoms with E-state index < -0.39 is 11.7 Å². The van der Waals surface area contributed by atoms with Gasteiger partial charge in [-0.3, -0.25) is 9.59 Å². The molecular formula is C28H30F3N7O2. The van der Waals surface area contributed by atoms with Crippen LogP contribution in [0.5, 0.6) is 0 Å². The van der Waals surface area contributed by atoms with E-state index in [9.17, 15) is 22.8 Å². The zero-order chi connectivity index (χ0) is 29.2. The van der Waals surface area contributed by atoms with Gasteiger partial charge in [-0.05, 0) is 44.8 Å². The first-order valence-electron chi connectivity index (χ1n) is 12.5. The van der Waals surface area contributed by atoms with Gasteiger partial charge in [-0.15, -0.1) is 0 Å². The maximum absolute atomic E-state index is 14.0. The number of carbonyl (C=O) groups excluding carboxylic acids is 2. The molecule has 210 valence electrons. The number of rotatable bonds is 8. The van der Waals surface area contributed by atoms with Gasteiger partial charge < -0.3 is 25.4 Å². The number of nitrogens with zero attached hydrogens (tertiary/aromatic N) is 4. The van der Waals surface area contributed by atoms with E-state index in [2.05, 4.69) is 25.6 Å². The lowest BCUT2D eigenvalue weighted by Gasteiger charge is -2.26. The topological polar surface area (TPSA) is 106 Å². The number of para-hydroxylation sites is 1. The minimum atomic E-state index is -4.68. The number of alkyl halides is 3. The first kappa shape index (κ1) is 28.6. The molecule has 0 aliphatic rings. The summed E-state index contributed by atoms with van der Waals surface area (Å²) in [5.41, 5.74) is 1.91. The number of hydrogen-bond donors (Lipinski definition) is 3. The number of amides is 2. The van der Waals surface area contributed by atoms with Crippen LogP contribution in [-0.4, -0.2) is 58.9 Å². The van der Waals surface area contributed by atoms with Crippen molar-refractivity contribution in [3.05, 3.63) is 59.9 Å². The lowest BCUT2D eigenvalue weighted by Crippen LogP contribution is -2.35. The fourth-order valence-electron chi connectivity index (χ4n) is 4.37. The third kappa shape index (κ3) is 6.23. The Labute approximate surface area is 229 Å². The molecule has 2 aromatic heterocycles. The summed E-state index contributed by atoms with van der Waals surface area (Å²) in [5.74, 6) is -0.626. The van der Waals surface area contributed by atoms with Crippen LogP contribution in [0.25, 0.3) is 22.2 Å². The summed E-state index contributed by atoms with van der Waals surface area (Å²) in [6.45, 7) is 5.62. The third-order valence-corrected chi connectivity index (χ3v) is 6.28. The molecule has 9 nitrogen and oxygen atoms in total. The number of fused-ring (bicyclic) bond motifs is 1. The molecule has 2 amide bonds. The van der Waals surface area contributed by atoms with E-state index in [0.29, 0.717) is 41.1 Å². The highest BCUT2D eigenvalue weighted by atomic mass is 19.4. The standard InChI is InChI=1S/C28H30F3N7O2/c1-16-7-6-8-20-21(14-32-25(16)20)26-22(28(29,30)31)15-33-27(36-26)35-19-9-10-24(23(13-19)34-17(2)39)38(18(3)40)12-11-37(4)5/h6-10,13-15,32H,11-12H2,1-5H3,(H,34,39)(H,33,35,36). The molecule has 0 saturated heterocycles. The second-order valence-corrected chi connectivity index (χ2v) is 9.67. The summed E-state index contributed by atoms with van der Waals surface area (Å²) in [7, 11) is 3.77. The van der Waals surface area contributed by atoms with Gasteiger partial charge in [-0.25, -0.2) is 9.97 Å².